The van der Waals surface area contributed by atoms with Crippen LogP contribution in [-0.4, -0.2) is 51.9 Å². The van der Waals surface area contributed by atoms with Gasteiger partial charge < -0.3 is 8.92 Å². The molecule has 1 saturated heterocycles. The molecule has 1 fully saturated rings. The van der Waals surface area contributed by atoms with Gasteiger partial charge in [-0.25, -0.2) is 0 Å². The molecule has 1 aromatic rings. The van der Waals surface area contributed by atoms with Gasteiger partial charge in [0.2, 0.25) is 0 Å². The highest BCUT2D eigenvalue weighted by Crippen LogP contribution is 2.28. The molecule has 2 rings (SSSR count). The average molecular weight is 340 g/mol. The van der Waals surface area contributed by atoms with Crippen molar-refractivity contribution in [2.75, 3.05) is 38.6 Å². The summed E-state index contributed by atoms with van der Waals surface area (Å²) >= 11 is 11.6. The van der Waals surface area contributed by atoms with E-state index in [0.717, 1.165) is 13.1 Å². The Bertz CT molecular complexity index is 559. The van der Waals surface area contributed by atoms with Crippen LogP contribution in [0.25, 0.3) is 0 Å². The van der Waals surface area contributed by atoms with E-state index in [1.807, 2.05) is 4.90 Å². The second-order valence-electron chi connectivity index (χ2n) is 4.37. The molecule has 0 amide bonds. The monoisotopic (exact) mass is 339 g/mol. The van der Waals surface area contributed by atoms with Crippen molar-refractivity contribution < 1.29 is 17.3 Å². The molecule has 0 spiro atoms. The molecule has 0 bridgehead atoms. The van der Waals surface area contributed by atoms with Crippen molar-refractivity contribution in [2.24, 2.45) is 0 Å². The smallest absolute Gasteiger partial charge is 0.310 e. The fourth-order valence-electron chi connectivity index (χ4n) is 1.79. The predicted octanol–water partition coefficient (Wildman–Crippen LogP) is 2.03. The van der Waals surface area contributed by atoms with E-state index in [0.29, 0.717) is 24.8 Å². The fourth-order valence-corrected chi connectivity index (χ4v) is 3.26. The van der Waals surface area contributed by atoms with Crippen LogP contribution in [0.15, 0.2) is 18.2 Å². The fraction of sp³-hybridized carbons (Fsp3) is 0.500. The van der Waals surface area contributed by atoms with Crippen molar-refractivity contribution in [3.63, 3.8) is 0 Å². The first-order chi connectivity index (χ1) is 9.46. The van der Waals surface area contributed by atoms with Crippen LogP contribution < -0.4 is 4.18 Å². The standard InChI is InChI=1S/C12H15Cl2NO4S/c13-10-1-2-12(11(14)9-10)19-20(16,17)8-5-15-3-6-18-7-4-15/h1-2,9H,3-8H2. The molecule has 20 heavy (non-hydrogen) atoms. The summed E-state index contributed by atoms with van der Waals surface area (Å²) in [6.07, 6.45) is 0. The Hall–Kier alpha value is -0.530. The van der Waals surface area contributed by atoms with Crippen LogP contribution in [0.4, 0.5) is 0 Å². The Balaban J connectivity index is 1.93. The third-order valence-corrected chi connectivity index (χ3v) is 4.52. The molecule has 1 aliphatic heterocycles. The highest BCUT2D eigenvalue weighted by atomic mass is 35.5. The van der Waals surface area contributed by atoms with E-state index in [1.54, 1.807) is 0 Å². The molecular formula is C12H15Cl2NO4S. The second kappa shape index (κ2) is 6.95. The molecule has 112 valence electrons. The van der Waals surface area contributed by atoms with E-state index >= 15 is 0 Å². The molecule has 1 aliphatic rings. The Labute approximate surface area is 128 Å². The summed E-state index contributed by atoms with van der Waals surface area (Å²) in [6.45, 7) is 3.14. The van der Waals surface area contributed by atoms with Gasteiger partial charge in [-0.3, -0.25) is 4.90 Å². The van der Waals surface area contributed by atoms with Crippen molar-refractivity contribution in [3.05, 3.63) is 28.2 Å². The van der Waals surface area contributed by atoms with Crippen LogP contribution in [0.3, 0.4) is 0 Å². The zero-order valence-corrected chi connectivity index (χ0v) is 13.0. The molecule has 0 atom stereocenters. The minimum absolute atomic E-state index is 0.0913. The van der Waals surface area contributed by atoms with Gasteiger partial charge in [0.1, 0.15) is 0 Å². The SMILES string of the molecule is O=S(=O)(CCN1CCOCC1)Oc1ccc(Cl)cc1Cl. The van der Waals surface area contributed by atoms with Crippen LogP contribution in [0.2, 0.25) is 10.0 Å². The molecule has 0 aromatic heterocycles. The van der Waals surface area contributed by atoms with E-state index in [4.69, 9.17) is 32.1 Å². The van der Waals surface area contributed by atoms with Crippen molar-refractivity contribution >= 4 is 33.3 Å². The van der Waals surface area contributed by atoms with E-state index in [2.05, 4.69) is 0 Å². The number of ether oxygens (including phenoxy) is 1. The van der Waals surface area contributed by atoms with Gasteiger partial charge in [0, 0.05) is 24.7 Å². The summed E-state index contributed by atoms with van der Waals surface area (Å²) in [5, 5.41) is 0.598. The molecule has 0 saturated carbocycles. The lowest BCUT2D eigenvalue weighted by molar-refractivity contribution is 0.0406. The number of hydrogen-bond donors (Lipinski definition) is 0. The molecule has 0 aliphatic carbocycles. The van der Waals surface area contributed by atoms with Gasteiger partial charge in [-0.2, -0.15) is 8.42 Å². The third-order valence-electron chi connectivity index (χ3n) is 2.87. The van der Waals surface area contributed by atoms with E-state index in [1.165, 1.54) is 18.2 Å². The molecule has 0 radical (unpaired) electrons. The van der Waals surface area contributed by atoms with Crippen LogP contribution in [0, 0.1) is 0 Å². The lowest BCUT2D eigenvalue weighted by Gasteiger charge is -2.26. The number of halogens is 2. The quantitative estimate of drug-likeness (QED) is 0.768. The molecule has 0 unspecified atom stereocenters. The summed E-state index contributed by atoms with van der Waals surface area (Å²) in [6, 6.07) is 4.41. The molecular weight excluding hydrogens is 325 g/mol. The van der Waals surface area contributed by atoms with Crippen LogP contribution in [0.5, 0.6) is 5.75 Å². The largest absolute Gasteiger partial charge is 0.381 e. The molecule has 1 aromatic carbocycles. The van der Waals surface area contributed by atoms with Crippen molar-refractivity contribution in [3.8, 4) is 5.75 Å². The second-order valence-corrected chi connectivity index (χ2v) is 6.91. The van der Waals surface area contributed by atoms with Crippen molar-refractivity contribution in [1.29, 1.82) is 0 Å². The van der Waals surface area contributed by atoms with Crippen LogP contribution in [-0.2, 0) is 14.9 Å². The van der Waals surface area contributed by atoms with E-state index < -0.39 is 10.1 Å². The lowest BCUT2D eigenvalue weighted by atomic mass is 10.3. The normalized spacial score (nSPS) is 17.1. The Morgan fingerprint density at radius 2 is 1.95 bits per heavy atom. The first kappa shape index (κ1) is 15.9. The first-order valence-electron chi connectivity index (χ1n) is 6.13. The minimum Gasteiger partial charge on any atom is -0.381 e. The third kappa shape index (κ3) is 4.79. The maximum absolute atomic E-state index is 11.9. The summed E-state index contributed by atoms with van der Waals surface area (Å²) in [5.74, 6) is 0.00410. The Kier molecular flexibility index (Phi) is 5.51. The molecule has 1 heterocycles. The zero-order valence-electron chi connectivity index (χ0n) is 10.7. The maximum atomic E-state index is 11.9. The number of benzene rings is 1. The molecule has 0 N–H and O–H groups in total. The van der Waals surface area contributed by atoms with Crippen LogP contribution in [0.1, 0.15) is 0 Å². The number of nitrogens with zero attached hydrogens (tertiary/aromatic N) is 1. The van der Waals surface area contributed by atoms with Gasteiger partial charge in [-0.05, 0) is 18.2 Å². The summed E-state index contributed by atoms with van der Waals surface area (Å²) < 4.78 is 34.0. The van der Waals surface area contributed by atoms with E-state index in [9.17, 15) is 8.42 Å². The number of rotatable bonds is 5. The lowest BCUT2D eigenvalue weighted by Crippen LogP contribution is -2.39. The van der Waals surface area contributed by atoms with Gasteiger partial charge >= 0.3 is 10.1 Å². The highest BCUT2D eigenvalue weighted by Gasteiger charge is 2.18. The predicted molar refractivity (Wildman–Crippen MR) is 78.1 cm³/mol. The van der Waals surface area contributed by atoms with Gasteiger partial charge in [0.05, 0.1) is 24.0 Å². The summed E-state index contributed by atoms with van der Waals surface area (Å²) in [5.41, 5.74) is 0. The van der Waals surface area contributed by atoms with Crippen molar-refractivity contribution in [2.45, 2.75) is 0 Å². The van der Waals surface area contributed by atoms with E-state index in [-0.39, 0.29) is 16.5 Å². The van der Waals surface area contributed by atoms with Gasteiger partial charge in [-0.1, -0.05) is 23.2 Å². The topological polar surface area (TPSA) is 55.8 Å². The summed E-state index contributed by atoms with van der Waals surface area (Å²) in [7, 11) is -3.68. The van der Waals surface area contributed by atoms with Gasteiger partial charge in [0.25, 0.3) is 0 Å². The molecule has 8 heteroatoms. The maximum Gasteiger partial charge on any atom is 0.310 e. The number of hydrogen-bond acceptors (Lipinski definition) is 5. The Morgan fingerprint density at radius 1 is 1.25 bits per heavy atom. The highest BCUT2D eigenvalue weighted by molar-refractivity contribution is 7.87. The Morgan fingerprint density at radius 3 is 2.60 bits per heavy atom. The number of morpholine rings is 1. The summed E-state index contributed by atoms with van der Waals surface area (Å²) in [4.78, 5) is 2.02. The van der Waals surface area contributed by atoms with Gasteiger partial charge in [-0.15, -0.1) is 0 Å². The molecule has 5 nitrogen and oxygen atoms in total. The average Bonchev–Trinajstić information content (AvgIpc) is 2.41. The van der Waals surface area contributed by atoms with Crippen molar-refractivity contribution in [1.82, 2.24) is 4.90 Å². The van der Waals surface area contributed by atoms with Crippen LogP contribution >= 0.6 is 23.2 Å². The van der Waals surface area contributed by atoms with Gasteiger partial charge in [0.15, 0.2) is 5.75 Å². The zero-order chi connectivity index (χ0) is 14.6. The minimum atomic E-state index is -3.68. The first-order valence-corrected chi connectivity index (χ1v) is 8.47.